The summed E-state index contributed by atoms with van der Waals surface area (Å²) < 4.78 is 11.2. The standard InChI is InChI=1S/C33H40N2O4/c1-21-18-26-27(33(5,6)15-14-32(26,3)4)19-25(21)30(36)28-12-13-29(39-28)31(37)34-16-17-35(22(2)20-34)23-8-10-24(38-7)11-9-23/h8-13,18-19,22H,14-17,20H2,1-7H3. The van der Waals surface area contributed by atoms with Gasteiger partial charge in [-0.05, 0) is 96.7 Å². The highest BCUT2D eigenvalue weighted by molar-refractivity contribution is 6.09. The number of carbonyl (C=O) groups is 2. The molecular weight excluding hydrogens is 488 g/mol. The topological polar surface area (TPSA) is 63.0 Å². The first kappa shape index (κ1) is 27.0. The Morgan fingerprint density at radius 1 is 0.897 bits per heavy atom. The van der Waals surface area contributed by atoms with E-state index in [1.807, 2.05) is 36.1 Å². The molecule has 1 atom stereocenters. The number of benzene rings is 2. The van der Waals surface area contributed by atoms with Crippen LogP contribution in [0.15, 0.2) is 52.9 Å². The Kier molecular flexibility index (Phi) is 6.86. The van der Waals surface area contributed by atoms with Gasteiger partial charge in [-0.1, -0.05) is 33.8 Å². The molecule has 2 heterocycles. The van der Waals surface area contributed by atoms with Crippen molar-refractivity contribution >= 4 is 17.4 Å². The summed E-state index contributed by atoms with van der Waals surface area (Å²) in [4.78, 5) is 31.1. The van der Waals surface area contributed by atoms with E-state index in [-0.39, 0.29) is 40.1 Å². The van der Waals surface area contributed by atoms with Crippen LogP contribution in [0.3, 0.4) is 0 Å². The van der Waals surface area contributed by atoms with Crippen LogP contribution >= 0.6 is 0 Å². The second-order valence-corrected chi connectivity index (χ2v) is 12.5. The lowest BCUT2D eigenvalue weighted by molar-refractivity contribution is 0.0692. The van der Waals surface area contributed by atoms with Crippen LogP contribution in [0, 0.1) is 6.92 Å². The lowest BCUT2D eigenvalue weighted by atomic mass is 9.62. The highest BCUT2D eigenvalue weighted by Gasteiger charge is 2.38. The van der Waals surface area contributed by atoms with E-state index >= 15 is 0 Å². The second kappa shape index (κ2) is 9.89. The molecule has 0 N–H and O–H groups in total. The fraction of sp³-hybridized carbons (Fsp3) is 0.455. The first-order chi connectivity index (χ1) is 18.4. The first-order valence-electron chi connectivity index (χ1n) is 13.9. The minimum absolute atomic E-state index is 0.00251. The van der Waals surface area contributed by atoms with Gasteiger partial charge in [0.1, 0.15) is 5.75 Å². The fourth-order valence-electron chi connectivity index (χ4n) is 6.13. The number of amides is 1. The SMILES string of the molecule is COc1ccc(N2CCN(C(=O)c3ccc(C(=O)c4cc5c(cc4C)C(C)(C)CCC5(C)C)o3)CC2C)cc1. The van der Waals surface area contributed by atoms with Crippen LogP contribution in [-0.4, -0.2) is 49.4 Å². The smallest absolute Gasteiger partial charge is 0.289 e. The van der Waals surface area contributed by atoms with Crippen molar-refractivity contribution in [1.29, 1.82) is 0 Å². The molecule has 1 saturated heterocycles. The van der Waals surface area contributed by atoms with Crippen molar-refractivity contribution in [2.24, 2.45) is 0 Å². The Bertz CT molecular complexity index is 1400. The number of methoxy groups -OCH3 is 1. The van der Waals surface area contributed by atoms with Crippen molar-refractivity contribution < 1.29 is 18.7 Å². The molecule has 206 valence electrons. The van der Waals surface area contributed by atoms with Crippen molar-refractivity contribution in [1.82, 2.24) is 4.90 Å². The molecule has 1 amide bonds. The third kappa shape index (κ3) is 4.97. The van der Waals surface area contributed by atoms with E-state index in [9.17, 15) is 9.59 Å². The maximum Gasteiger partial charge on any atom is 0.289 e. The molecule has 1 aromatic heterocycles. The van der Waals surface area contributed by atoms with Gasteiger partial charge in [0.05, 0.1) is 7.11 Å². The van der Waals surface area contributed by atoms with Gasteiger partial charge in [-0.25, -0.2) is 0 Å². The first-order valence-corrected chi connectivity index (χ1v) is 13.9. The lowest BCUT2D eigenvalue weighted by Crippen LogP contribution is -2.53. The molecule has 3 aromatic rings. The minimum atomic E-state index is -0.180. The number of aryl methyl sites for hydroxylation is 1. The molecule has 0 bridgehead atoms. The average Bonchev–Trinajstić information content (AvgIpc) is 3.41. The molecule has 1 aliphatic carbocycles. The van der Waals surface area contributed by atoms with E-state index in [0.717, 1.165) is 29.8 Å². The summed E-state index contributed by atoms with van der Waals surface area (Å²) in [5.74, 6) is 0.882. The van der Waals surface area contributed by atoms with Crippen molar-refractivity contribution in [3.05, 3.63) is 82.3 Å². The number of nitrogens with zero attached hydrogens (tertiary/aromatic N) is 2. The van der Waals surface area contributed by atoms with Crippen LogP contribution in [0.4, 0.5) is 5.69 Å². The molecule has 1 unspecified atom stereocenters. The monoisotopic (exact) mass is 528 g/mol. The number of hydrogen-bond acceptors (Lipinski definition) is 5. The zero-order valence-corrected chi connectivity index (χ0v) is 24.3. The summed E-state index contributed by atoms with van der Waals surface area (Å²) in [5.41, 5.74) is 5.34. The van der Waals surface area contributed by atoms with Gasteiger partial charge < -0.3 is 19.0 Å². The van der Waals surface area contributed by atoms with E-state index in [0.29, 0.717) is 25.2 Å². The fourth-order valence-corrected chi connectivity index (χ4v) is 6.13. The Hall–Kier alpha value is -3.54. The summed E-state index contributed by atoms with van der Waals surface area (Å²) in [6.45, 7) is 15.0. The van der Waals surface area contributed by atoms with Crippen LogP contribution in [0.5, 0.6) is 5.75 Å². The molecular formula is C33H40N2O4. The number of hydrogen-bond donors (Lipinski definition) is 0. The van der Waals surface area contributed by atoms with Gasteiger partial charge in [-0.3, -0.25) is 9.59 Å². The quantitative estimate of drug-likeness (QED) is 0.353. The Morgan fingerprint density at radius 3 is 2.13 bits per heavy atom. The Balaban J connectivity index is 1.32. The van der Waals surface area contributed by atoms with Crippen LogP contribution in [0.25, 0.3) is 0 Å². The molecule has 1 aliphatic heterocycles. The van der Waals surface area contributed by atoms with Gasteiger partial charge in [0.15, 0.2) is 11.5 Å². The number of carbonyl (C=O) groups excluding carboxylic acids is 2. The second-order valence-electron chi connectivity index (χ2n) is 12.5. The van der Waals surface area contributed by atoms with E-state index in [2.05, 4.69) is 51.7 Å². The van der Waals surface area contributed by atoms with Crippen molar-refractivity contribution in [3.63, 3.8) is 0 Å². The molecule has 1 fully saturated rings. The number of ketones is 1. The number of furan rings is 1. The van der Waals surface area contributed by atoms with Crippen LogP contribution in [0.2, 0.25) is 0 Å². The van der Waals surface area contributed by atoms with Gasteiger partial charge in [0, 0.05) is 36.9 Å². The van der Waals surface area contributed by atoms with Gasteiger partial charge in [0.25, 0.3) is 5.91 Å². The van der Waals surface area contributed by atoms with Crippen LogP contribution < -0.4 is 9.64 Å². The number of anilines is 1. The van der Waals surface area contributed by atoms with Gasteiger partial charge in [-0.2, -0.15) is 0 Å². The minimum Gasteiger partial charge on any atom is -0.497 e. The molecule has 0 radical (unpaired) electrons. The Labute approximate surface area is 231 Å². The predicted molar refractivity (Wildman–Crippen MR) is 154 cm³/mol. The molecule has 5 rings (SSSR count). The largest absolute Gasteiger partial charge is 0.497 e. The Morgan fingerprint density at radius 2 is 1.51 bits per heavy atom. The number of ether oxygens (including phenoxy) is 1. The third-order valence-electron chi connectivity index (χ3n) is 8.80. The molecule has 0 saturated carbocycles. The van der Waals surface area contributed by atoms with Gasteiger partial charge in [-0.15, -0.1) is 0 Å². The summed E-state index contributed by atoms with van der Waals surface area (Å²) in [7, 11) is 1.66. The van der Waals surface area contributed by atoms with E-state index in [4.69, 9.17) is 9.15 Å². The highest BCUT2D eigenvalue weighted by atomic mass is 16.5. The van der Waals surface area contributed by atoms with E-state index < -0.39 is 0 Å². The normalized spacial score (nSPS) is 19.9. The van der Waals surface area contributed by atoms with E-state index in [1.54, 1.807) is 19.2 Å². The average molecular weight is 529 g/mol. The molecule has 39 heavy (non-hydrogen) atoms. The molecule has 6 heteroatoms. The summed E-state index contributed by atoms with van der Waals surface area (Å²) in [5, 5.41) is 0. The van der Waals surface area contributed by atoms with Gasteiger partial charge >= 0.3 is 0 Å². The summed E-state index contributed by atoms with van der Waals surface area (Å²) >= 11 is 0. The van der Waals surface area contributed by atoms with Crippen molar-refractivity contribution in [2.45, 2.75) is 71.3 Å². The van der Waals surface area contributed by atoms with Crippen LogP contribution in [0.1, 0.15) is 90.8 Å². The molecule has 2 aromatic carbocycles. The maximum atomic E-state index is 13.6. The summed E-state index contributed by atoms with van der Waals surface area (Å²) in [6, 6.07) is 15.7. The maximum absolute atomic E-state index is 13.6. The van der Waals surface area contributed by atoms with Crippen LogP contribution in [-0.2, 0) is 10.8 Å². The molecule has 2 aliphatic rings. The third-order valence-corrected chi connectivity index (χ3v) is 8.80. The lowest BCUT2D eigenvalue weighted by Gasteiger charge is -2.42. The predicted octanol–water partition coefficient (Wildman–Crippen LogP) is 6.53. The molecule has 0 spiro atoms. The number of fused-ring (bicyclic) bond motifs is 1. The highest BCUT2D eigenvalue weighted by Crippen LogP contribution is 2.46. The zero-order chi connectivity index (χ0) is 28.1. The van der Waals surface area contributed by atoms with E-state index in [1.165, 1.54) is 11.1 Å². The van der Waals surface area contributed by atoms with Crippen molar-refractivity contribution in [3.8, 4) is 5.75 Å². The van der Waals surface area contributed by atoms with Gasteiger partial charge in [0.2, 0.25) is 5.78 Å². The summed E-state index contributed by atoms with van der Waals surface area (Å²) in [6.07, 6.45) is 2.20. The molecule has 6 nitrogen and oxygen atoms in total. The number of piperazine rings is 1. The van der Waals surface area contributed by atoms with Crippen molar-refractivity contribution in [2.75, 3.05) is 31.6 Å². The number of rotatable bonds is 5. The zero-order valence-electron chi connectivity index (χ0n) is 24.3.